The van der Waals surface area contributed by atoms with Gasteiger partial charge in [-0.05, 0) is 31.4 Å². The molecule has 0 aliphatic carbocycles. The van der Waals surface area contributed by atoms with Crippen molar-refractivity contribution in [3.63, 3.8) is 0 Å². The monoisotopic (exact) mass is 312 g/mol. The number of benzene rings is 1. The average Bonchev–Trinajstić information content (AvgIpc) is 2.43. The molecule has 1 aromatic rings. The van der Waals surface area contributed by atoms with Crippen LogP contribution in [0.2, 0.25) is 0 Å². The van der Waals surface area contributed by atoms with Crippen molar-refractivity contribution in [2.45, 2.75) is 25.3 Å². The Kier molecular flexibility index (Phi) is 5.47. The summed E-state index contributed by atoms with van der Waals surface area (Å²) in [7, 11) is -2.92. The van der Waals surface area contributed by atoms with Gasteiger partial charge in [0, 0.05) is 25.4 Å². The Labute approximate surface area is 127 Å². The van der Waals surface area contributed by atoms with Crippen LogP contribution in [0.3, 0.4) is 0 Å². The molecule has 0 amide bonds. The van der Waals surface area contributed by atoms with Crippen molar-refractivity contribution < 1.29 is 13.2 Å². The molecule has 1 aliphatic heterocycles. The largest absolute Gasteiger partial charge is 0.491 e. The molecular formula is C15H24N2O3S. The van der Waals surface area contributed by atoms with E-state index in [0.29, 0.717) is 13.0 Å². The molecule has 1 aliphatic rings. The van der Waals surface area contributed by atoms with Gasteiger partial charge in [0.15, 0.2) is 0 Å². The SMILES string of the molecule is CS(=O)(=O)CCCOc1ccccc1N1CCCC(N)C1. The fraction of sp³-hybridized carbons (Fsp3) is 0.600. The molecule has 1 unspecified atom stereocenters. The topological polar surface area (TPSA) is 72.6 Å². The second-order valence-corrected chi connectivity index (χ2v) is 7.91. The van der Waals surface area contributed by atoms with Gasteiger partial charge in [0.1, 0.15) is 15.6 Å². The molecule has 1 heterocycles. The van der Waals surface area contributed by atoms with E-state index in [-0.39, 0.29) is 11.8 Å². The quantitative estimate of drug-likeness (QED) is 0.805. The van der Waals surface area contributed by atoms with Crippen molar-refractivity contribution in [2.75, 3.05) is 36.6 Å². The minimum Gasteiger partial charge on any atom is -0.491 e. The zero-order chi connectivity index (χ0) is 15.3. The molecule has 1 fully saturated rings. The Bertz CT molecular complexity index is 560. The Morgan fingerprint density at radius 3 is 2.86 bits per heavy atom. The van der Waals surface area contributed by atoms with Gasteiger partial charge in [-0.25, -0.2) is 8.42 Å². The fourth-order valence-corrected chi connectivity index (χ4v) is 3.21. The lowest BCUT2D eigenvalue weighted by molar-refractivity contribution is 0.317. The zero-order valence-corrected chi connectivity index (χ0v) is 13.3. The Hall–Kier alpha value is -1.27. The number of sulfone groups is 1. The Balaban J connectivity index is 1.96. The van der Waals surface area contributed by atoms with Crippen LogP contribution in [-0.4, -0.2) is 46.2 Å². The predicted molar refractivity (Wildman–Crippen MR) is 85.7 cm³/mol. The van der Waals surface area contributed by atoms with Crippen LogP contribution in [0, 0.1) is 0 Å². The number of hydrogen-bond acceptors (Lipinski definition) is 5. The van der Waals surface area contributed by atoms with E-state index in [0.717, 1.165) is 37.4 Å². The van der Waals surface area contributed by atoms with Gasteiger partial charge in [0.25, 0.3) is 0 Å². The summed E-state index contributed by atoms with van der Waals surface area (Å²) in [6.45, 7) is 2.23. The third-order valence-corrected chi connectivity index (χ3v) is 4.61. The minimum atomic E-state index is -2.92. The second-order valence-electron chi connectivity index (χ2n) is 5.65. The van der Waals surface area contributed by atoms with Crippen molar-refractivity contribution in [3.8, 4) is 5.75 Å². The van der Waals surface area contributed by atoms with Gasteiger partial charge < -0.3 is 15.4 Å². The zero-order valence-electron chi connectivity index (χ0n) is 12.5. The molecule has 1 saturated heterocycles. The molecular weight excluding hydrogens is 288 g/mol. The molecule has 2 N–H and O–H groups in total. The van der Waals surface area contributed by atoms with Crippen LogP contribution >= 0.6 is 0 Å². The summed E-state index contributed by atoms with van der Waals surface area (Å²) in [5, 5.41) is 0. The Morgan fingerprint density at radius 2 is 2.14 bits per heavy atom. The van der Waals surface area contributed by atoms with E-state index in [1.807, 2.05) is 24.3 Å². The van der Waals surface area contributed by atoms with Crippen molar-refractivity contribution in [2.24, 2.45) is 5.73 Å². The maximum atomic E-state index is 11.1. The summed E-state index contributed by atoms with van der Waals surface area (Å²) in [5.41, 5.74) is 7.08. The van der Waals surface area contributed by atoms with Crippen LogP contribution in [0.5, 0.6) is 5.75 Å². The lowest BCUT2D eigenvalue weighted by atomic mass is 10.1. The molecule has 2 rings (SSSR count). The molecule has 0 aromatic heterocycles. The van der Waals surface area contributed by atoms with Gasteiger partial charge >= 0.3 is 0 Å². The summed E-state index contributed by atoms with van der Waals surface area (Å²) in [5.74, 6) is 0.962. The highest BCUT2D eigenvalue weighted by Gasteiger charge is 2.19. The van der Waals surface area contributed by atoms with Crippen LogP contribution in [0.4, 0.5) is 5.69 Å². The standard InChI is InChI=1S/C15H24N2O3S/c1-21(18,19)11-5-10-20-15-8-3-2-7-14(15)17-9-4-6-13(16)12-17/h2-3,7-8,13H,4-6,9-12,16H2,1H3. The molecule has 0 saturated carbocycles. The van der Waals surface area contributed by atoms with Crippen LogP contribution < -0.4 is 15.4 Å². The third kappa shape index (κ3) is 5.21. The van der Waals surface area contributed by atoms with Gasteiger partial charge in [-0.1, -0.05) is 12.1 Å². The van der Waals surface area contributed by atoms with Gasteiger partial charge in [0.05, 0.1) is 18.0 Å². The van der Waals surface area contributed by atoms with Crippen molar-refractivity contribution in [1.29, 1.82) is 0 Å². The number of hydrogen-bond donors (Lipinski definition) is 1. The number of ether oxygens (including phenoxy) is 1. The highest BCUT2D eigenvalue weighted by Crippen LogP contribution is 2.30. The smallest absolute Gasteiger partial charge is 0.147 e. The van der Waals surface area contributed by atoms with Gasteiger partial charge in [-0.2, -0.15) is 0 Å². The summed E-state index contributed by atoms with van der Waals surface area (Å²) < 4.78 is 28.0. The van der Waals surface area contributed by atoms with Gasteiger partial charge in [-0.15, -0.1) is 0 Å². The summed E-state index contributed by atoms with van der Waals surface area (Å²) >= 11 is 0. The van der Waals surface area contributed by atoms with Crippen LogP contribution in [0.25, 0.3) is 0 Å². The van der Waals surface area contributed by atoms with Crippen LogP contribution in [0.15, 0.2) is 24.3 Å². The number of para-hydroxylation sites is 2. The molecule has 118 valence electrons. The van der Waals surface area contributed by atoms with Crippen LogP contribution in [-0.2, 0) is 9.84 Å². The first kappa shape index (κ1) is 16.1. The van der Waals surface area contributed by atoms with E-state index in [4.69, 9.17) is 10.5 Å². The van der Waals surface area contributed by atoms with E-state index in [9.17, 15) is 8.42 Å². The van der Waals surface area contributed by atoms with E-state index < -0.39 is 9.84 Å². The van der Waals surface area contributed by atoms with Crippen molar-refractivity contribution in [1.82, 2.24) is 0 Å². The average molecular weight is 312 g/mol. The molecule has 0 radical (unpaired) electrons. The molecule has 0 spiro atoms. The number of nitrogens with two attached hydrogens (primary N) is 1. The van der Waals surface area contributed by atoms with E-state index >= 15 is 0 Å². The Morgan fingerprint density at radius 1 is 1.38 bits per heavy atom. The highest BCUT2D eigenvalue weighted by molar-refractivity contribution is 7.90. The maximum Gasteiger partial charge on any atom is 0.147 e. The molecule has 0 bridgehead atoms. The molecule has 1 atom stereocenters. The minimum absolute atomic E-state index is 0.157. The molecule has 5 nitrogen and oxygen atoms in total. The second kappa shape index (κ2) is 7.13. The number of nitrogens with zero attached hydrogens (tertiary/aromatic N) is 1. The van der Waals surface area contributed by atoms with E-state index in [1.165, 1.54) is 6.26 Å². The first-order chi connectivity index (χ1) is 9.96. The van der Waals surface area contributed by atoms with Crippen molar-refractivity contribution >= 4 is 15.5 Å². The van der Waals surface area contributed by atoms with Crippen LogP contribution in [0.1, 0.15) is 19.3 Å². The molecule has 6 heteroatoms. The maximum absolute atomic E-state index is 11.1. The first-order valence-corrected chi connectivity index (χ1v) is 9.42. The normalized spacial score (nSPS) is 19.5. The summed E-state index contributed by atoms with van der Waals surface area (Å²) in [4.78, 5) is 2.25. The van der Waals surface area contributed by atoms with Gasteiger partial charge in [-0.3, -0.25) is 0 Å². The fourth-order valence-electron chi connectivity index (χ4n) is 2.57. The van der Waals surface area contributed by atoms with Gasteiger partial charge in [0.2, 0.25) is 0 Å². The highest BCUT2D eigenvalue weighted by atomic mass is 32.2. The molecule has 1 aromatic carbocycles. The third-order valence-electron chi connectivity index (χ3n) is 3.58. The van der Waals surface area contributed by atoms with E-state index in [2.05, 4.69) is 4.90 Å². The number of rotatable bonds is 6. The number of anilines is 1. The summed E-state index contributed by atoms with van der Waals surface area (Å²) in [6.07, 6.45) is 3.90. The first-order valence-electron chi connectivity index (χ1n) is 7.36. The van der Waals surface area contributed by atoms with E-state index in [1.54, 1.807) is 0 Å². The number of piperidine rings is 1. The summed E-state index contributed by atoms with van der Waals surface area (Å²) in [6, 6.07) is 8.08. The van der Waals surface area contributed by atoms with Crippen molar-refractivity contribution in [3.05, 3.63) is 24.3 Å². The lowest BCUT2D eigenvalue weighted by Gasteiger charge is -2.33. The lowest BCUT2D eigenvalue weighted by Crippen LogP contribution is -2.43. The predicted octanol–water partition coefficient (Wildman–Crippen LogP) is 1.43. The molecule has 21 heavy (non-hydrogen) atoms.